The number of ether oxygens (including phenoxy) is 2. The summed E-state index contributed by atoms with van der Waals surface area (Å²) in [5, 5.41) is 0. The van der Waals surface area contributed by atoms with Gasteiger partial charge < -0.3 is 19.4 Å². The second-order valence-corrected chi connectivity index (χ2v) is 10.8. The van der Waals surface area contributed by atoms with Crippen LogP contribution in [-0.4, -0.2) is 79.7 Å². The molecule has 1 amide bonds. The summed E-state index contributed by atoms with van der Waals surface area (Å²) in [7, 11) is 1.63. The van der Waals surface area contributed by atoms with Gasteiger partial charge in [0.25, 0.3) is 0 Å². The number of carbonyl (C=O) groups is 1. The van der Waals surface area contributed by atoms with Crippen molar-refractivity contribution in [2.45, 2.75) is 46.3 Å². The number of pyridine rings is 1. The molecule has 4 heterocycles. The van der Waals surface area contributed by atoms with Crippen molar-refractivity contribution in [3.8, 4) is 17.0 Å². The van der Waals surface area contributed by atoms with Crippen molar-refractivity contribution >= 4 is 17.1 Å². The molecule has 3 aromatic heterocycles. The summed E-state index contributed by atoms with van der Waals surface area (Å²) in [5.74, 6) is 1.52. The Kier molecular flexibility index (Phi) is 7.47. The summed E-state index contributed by atoms with van der Waals surface area (Å²) in [6.45, 7) is 11.3. The molecule has 39 heavy (non-hydrogen) atoms. The fraction of sp³-hybridized carbons (Fsp3) is 0.414. The molecular formula is C29H35N7O3. The molecule has 0 atom stereocenters. The summed E-state index contributed by atoms with van der Waals surface area (Å²) in [6, 6.07) is 10.2. The number of fused-ring (bicyclic) bond motifs is 1. The molecule has 0 saturated carbocycles. The quantitative estimate of drug-likeness (QED) is 0.392. The lowest BCUT2D eigenvalue weighted by atomic mass is 10.1. The fourth-order valence-electron chi connectivity index (χ4n) is 4.77. The number of aryl methyl sites for hydroxylation is 1. The van der Waals surface area contributed by atoms with Gasteiger partial charge in [0, 0.05) is 56.6 Å². The number of H-pyrrole nitrogens is 1. The molecule has 1 N–H and O–H groups in total. The Morgan fingerprint density at radius 1 is 1.05 bits per heavy atom. The fourth-order valence-corrected chi connectivity index (χ4v) is 4.77. The number of amides is 1. The van der Waals surface area contributed by atoms with Gasteiger partial charge >= 0.3 is 6.09 Å². The van der Waals surface area contributed by atoms with Gasteiger partial charge in [0.1, 0.15) is 23.4 Å². The maximum absolute atomic E-state index is 12.4. The smallest absolute Gasteiger partial charge is 0.410 e. The Bertz CT molecular complexity index is 1470. The molecule has 0 spiro atoms. The van der Waals surface area contributed by atoms with Crippen LogP contribution in [0.4, 0.5) is 4.79 Å². The van der Waals surface area contributed by atoms with Crippen molar-refractivity contribution < 1.29 is 14.3 Å². The van der Waals surface area contributed by atoms with Gasteiger partial charge in [0.15, 0.2) is 5.75 Å². The SMILES string of the molecule is COc1c(C)ncnc1-c1ccc2nc(Cc3cc(CN4CCN(C(=O)OC(C)(C)C)CC4)ccn3)[nH]c2c1. The number of nitrogens with zero attached hydrogens (tertiary/aromatic N) is 6. The van der Waals surface area contributed by atoms with Crippen molar-refractivity contribution in [2.24, 2.45) is 0 Å². The normalized spacial score (nSPS) is 14.5. The van der Waals surface area contributed by atoms with Crippen LogP contribution in [0, 0.1) is 6.92 Å². The molecular weight excluding hydrogens is 494 g/mol. The molecule has 1 aliphatic heterocycles. The van der Waals surface area contributed by atoms with Crippen molar-refractivity contribution in [3.05, 3.63) is 65.6 Å². The molecule has 5 rings (SSSR count). The van der Waals surface area contributed by atoms with E-state index in [1.54, 1.807) is 18.3 Å². The van der Waals surface area contributed by atoms with E-state index < -0.39 is 5.60 Å². The second kappa shape index (κ2) is 11.0. The van der Waals surface area contributed by atoms with Crippen molar-refractivity contribution in [1.29, 1.82) is 0 Å². The first kappa shape index (κ1) is 26.6. The van der Waals surface area contributed by atoms with Crippen LogP contribution in [0.15, 0.2) is 42.9 Å². The predicted octanol–water partition coefficient (Wildman–Crippen LogP) is 4.38. The number of piperazine rings is 1. The first-order valence-corrected chi connectivity index (χ1v) is 13.2. The van der Waals surface area contributed by atoms with Crippen LogP contribution >= 0.6 is 0 Å². The summed E-state index contributed by atoms with van der Waals surface area (Å²) in [6.07, 6.45) is 3.76. The lowest BCUT2D eigenvalue weighted by Crippen LogP contribution is -2.49. The highest BCUT2D eigenvalue weighted by Crippen LogP contribution is 2.31. The second-order valence-electron chi connectivity index (χ2n) is 10.8. The minimum atomic E-state index is -0.479. The van der Waals surface area contributed by atoms with E-state index in [4.69, 9.17) is 14.5 Å². The van der Waals surface area contributed by atoms with Crippen molar-refractivity contribution in [2.75, 3.05) is 33.3 Å². The van der Waals surface area contributed by atoms with Gasteiger partial charge in [0.05, 0.1) is 23.8 Å². The zero-order chi connectivity index (χ0) is 27.6. The Hall–Kier alpha value is -4.05. The van der Waals surface area contributed by atoms with Gasteiger partial charge in [-0.05, 0) is 57.5 Å². The van der Waals surface area contributed by atoms with E-state index in [2.05, 4.69) is 30.9 Å². The van der Waals surface area contributed by atoms with Gasteiger partial charge in [-0.3, -0.25) is 9.88 Å². The molecule has 1 aromatic carbocycles. The van der Waals surface area contributed by atoms with Crippen molar-refractivity contribution in [3.63, 3.8) is 0 Å². The number of hydrogen-bond donors (Lipinski definition) is 1. The Morgan fingerprint density at radius 2 is 1.85 bits per heavy atom. The van der Waals surface area contributed by atoms with E-state index in [1.807, 2.05) is 58.2 Å². The van der Waals surface area contributed by atoms with Gasteiger partial charge in [-0.25, -0.2) is 19.7 Å². The zero-order valence-corrected chi connectivity index (χ0v) is 23.2. The molecule has 10 heteroatoms. The minimum absolute atomic E-state index is 0.238. The molecule has 0 bridgehead atoms. The third-order valence-electron chi connectivity index (χ3n) is 6.65. The zero-order valence-electron chi connectivity index (χ0n) is 23.2. The van der Waals surface area contributed by atoms with Crippen LogP contribution in [0.2, 0.25) is 0 Å². The highest BCUT2D eigenvalue weighted by molar-refractivity contribution is 5.82. The van der Waals surface area contributed by atoms with Gasteiger partial charge in [-0.2, -0.15) is 0 Å². The maximum Gasteiger partial charge on any atom is 0.410 e. The van der Waals surface area contributed by atoms with Crippen LogP contribution in [-0.2, 0) is 17.7 Å². The molecule has 0 aliphatic carbocycles. The van der Waals surface area contributed by atoms with Crippen LogP contribution in [0.3, 0.4) is 0 Å². The highest BCUT2D eigenvalue weighted by Gasteiger charge is 2.26. The first-order chi connectivity index (χ1) is 18.7. The molecule has 10 nitrogen and oxygen atoms in total. The number of hydrogen-bond acceptors (Lipinski definition) is 8. The standard InChI is InChI=1S/C29H35N7O3/c1-19-27(38-5)26(32-18-31-19)21-6-7-23-24(15-21)34-25(33-23)16-22-14-20(8-9-30-22)17-35-10-12-36(13-11-35)28(37)39-29(2,3)4/h6-9,14-15,18H,10-13,16-17H2,1-5H3,(H,33,34). The highest BCUT2D eigenvalue weighted by atomic mass is 16.6. The third-order valence-corrected chi connectivity index (χ3v) is 6.65. The van der Waals surface area contributed by atoms with Crippen molar-refractivity contribution in [1.82, 2.24) is 34.7 Å². The van der Waals surface area contributed by atoms with Crippen LogP contribution in [0.25, 0.3) is 22.3 Å². The molecule has 0 unspecified atom stereocenters. The maximum atomic E-state index is 12.4. The number of imidazole rings is 1. The van der Waals surface area contributed by atoms with E-state index in [0.29, 0.717) is 25.3 Å². The van der Waals surface area contributed by atoms with Crippen LogP contribution in [0.1, 0.15) is 43.5 Å². The van der Waals surface area contributed by atoms with E-state index in [0.717, 1.165) is 59.1 Å². The van der Waals surface area contributed by atoms with Gasteiger partial charge in [-0.1, -0.05) is 6.07 Å². The number of aromatic amines is 1. The average Bonchev–Trinajstić information content (AvgIpc) is 3.29. The number of rotatable bonds is 6. The molecule has 204 valence electrons. The molecule has 1 fully saturated rings. The largest absolute Gasteiger partial charge is 0.493 e. The third kappa shape index (κ3) is 6.34. The topological polar surface area (TPSA) is 109 Å². The summed E-state index contributed by atoms with van der Waals surface area (Å²) in [4.78, 5) is 38.0. The van der Waals surface area contributed by atoms with Gasteiger partial charge in [-0.15, -0.1) is 0 Å². The Balaban J connectivity index is 1.23. The van der Waals surface area contributed by atoms with Crippen LogP contribution < -0.4 is 4.74 Å². The number of carbonyl (C=O) groups excluding carboxylic acids is 1. The average molecular weight is 530 g/mol. The Morgan fingerprint density at radius 3 is 2.59 bits per heavy atom. The summed E-state index contributed by atoms with van der Waals surface area (Å²) < 4.78 is 11.0. The molecule has 4 aromatic rings. The number of aromatic nitrogens is 5. The lowest BCUT2D eigenvalue weighted by molar-refractivity contribution is 0.0139. The summed E-state index contributed by atoms with van der Waals surface area (Å²) >= 11 is 0. The lowest BCUT2D eigenvalue weighted by Gasteiger charge is -2.35. The molecule has 1 aliphatic rings. The molecule has 1 saturated heterocycles. The predicted molar refractivity (Wildman–Crippen MR) is 149 cm³/mol. The number of benzene rings is 1. The van der Waals surface area contributed by atoms with Crippen LogP contribution in [0.5, 0.6) is 5.75 Å². The number of methoxy groups -OCH3 is 1. The van der Waals surface area contributed by atoms with E-state index in [1.165, 1.54) is 5.56 Å². The van der Waals surface area contributed by atoms with E-state index in [-0.39, 0.29) is 6.09 Å². The van der Waals surface area contributed by atoms with E-state index in [9.17, 15) is 4.79 Å². The number of nitrogens with one attached hydrogen (secondary N) is 1. The first-order valence-electron chi connectivity index (χ1n) is 13.2. The van der Waals surface area contributed by atoms with Gasteiger partial charge in [0.2, 0.25) is 0 Å². The summed E-state index contributed by atoms with van der Waals surface area (Å²) in [5.41, 5.74) is 5.97. The van der Waals surface area contributed by atoms with E-state index >= 15 is 0 Å². The Labute approximate surface area is 228 Å². The molecule has 0 radical (unpaired) electrons. The monoisotopic (exact) mass is 529 g/mol. The minimum Gasteiger partial charge on any atom is -0.493 e.